The third-order valence-electron chi connectivity index (χ3n) is 2.32. The van der Waals surface area contributed by atoms with Gasteiger partial charge in [0.15, 0.2) is 0 Å². The van der Waals surface area contributed by atoms with E-state index in [0.29, 0.717) is 12.8 Å². The molecule has 0 aliphatic carbocycles. The molecule has 0 bridgehead atoms. The molecule has 1 aromatic heterocycles. The summed E-state index contributed by atoms with van der Waals surface area (Å²) in [6.07, 6.45) is 5.90. The van der Waals surface area contributed by atoms with Gasteiger partial charge in [0.25, 0.3) is 0 Å². The average molecular weight is 243 g/mol. The minimum atomic E-state index is -2.89. The zero-order valence-corrected chi connectivity index (χ0v) is 10.1. The molecule has 0 saturated heterocycles. The van der Waals surface area contributed by atoms with Crippen molar-refractivity contribution in [3.63, 3.8) is 0 Å². The van der Waals surface area contributed by atoms with Crippen LogP contribution in [0, 0.1) is 0 Å². The van der Waals surface area contributed by atoms with Crippen LogP contribution >= 0.6 is 0 Å². The molecule has 1 atom stereocenters. The summed E-state index contributed by atoms with van der Waals surface area (Å²) >= 11 is 0. The van der Waals surface area contributed by atoms with E-state index in [0.717, 1.165) is 5.56 Å². The Morgan fingerprint density at radius 1 is 1.44 bits per heavy atom. The SMILES string of the molecule is CS(=O)(=O)CCCC(NN)c1ccncc1. The second kappa shape index (κ2) is 5.93. The van der Waals surface area contributed by atoms with Crippen molar-refractivity contribution in [1.82, 2.24) is 10.4 Å². The zero-order valence-electron chi connectivity index (χ0n) is 9.26. The van der Waals surface area contributed by atoms with Crippen molar-refractivity contribution in [2.24, 2.45) is 5.84 Å². The molecule has 0 aliphatic heterocycles. The summed E-state index contributed by atoms with van der Waals surface area (Å²) < 4.78 is 22.0. The zero-order chi connectivity index (χ0) is 12.0. The fraction of sp³-hybridized carbons (Fsp3) is 0.500. The maximum atomic E-state index is 11.0. The van der Waals surface area contributed by atoms with Crippen molar-refractivity contribution in [3.8, 4) is 0 Å². The van der Waals surface area contributed by atoms with E-state index in [2.05, 4.69) is 10.4 Å². The normalized spacial score (nSPS) is 13.6. The minimum absolute atomic E-state index is 0.0234. The van der Waals surface area contributed by atoms with Crippen LogP contribution < -0.4 is 11.3 Å². The van der Waals surface area contributed by atoms with Crippen LogP contribution in [-0.2, 0) is 9.84 Å². The van der Waals surface area contributed by atoms with Gasteiger partial charge in [-0.25, -0.2) is 8.42 Å². The highest BCUT2D eigenvalue weighted by Gasteiger charge is 2.10. The van der Waals surface area contributed by atoms with Crippen LogP contribution in [0.5, 0.6) is 0 Å². The number of sulfone groups is 1. The minimum Gasteiger partial charge on any atom is -0.271 e. The number of hydrazine groups is 1. The van der Waals surface area contributed by atoms with E-state index in [1.165, 1.54) is 6.26 Å². The van der Waals surface area contributed by atoms with Crippen molar-refractivity contribution in [3.05, 3.63) is 30.1 Å². The molecule has 0 amide bonds. The van der Waals surface area contributed by atoms with Gasteiger partial charge >= 0.3 is 0 Å². The van der Waals surface area contributed by atoms with E-state index < -0.39 is 9.84 Å². The Balaban J connectivity index is 2.51. The van der Waals surface area contributed by atoms with Crippen molar-refractivity contribution < 1.29 is 8.42 Å². The summed E-state index contributed by atoms with van der Waals surface area (Å²) in [5, 5.41) is 0. The lowest BCUT2D eigenvalue weighted by molar-refractivity contribution is 0.507. The monoisotopic (exact) mass is 243 g/mol. The predicted molar refractivity (Wildman–Crippen MR) is 63.2 cm³/mol. The van der Waals surface area contributed by atoms with Gasteiger partial charge in [0.2, 0.25) is 0 Å². The first-order chi connectivity index (χ1) is 7.53. The molecule has 5 nitrogen and oxygen atoms in total. The Labute approximate surface area is 96.0 Å². The molecule has 1 aromatic rings. The number of nitrogens with zero attached hydrogens (tertiary/aromatic N) is 1. The highest BCUT2D eigenvalue weighted by molar-refractivity contribution is 7.90. The Hall–Kier alpha value is -0.980. The number of nitrogens with two attached hydrogens (primary N) is 1. The topological polar surface area (TPSA) is 85.1 Å². The molecule has 0 spiro atoms. The molecule has 0 radical (unpaired) electrons. The van der Waals surface area contributed by atoms with E-state index in [9.17, 15) is 8.42 Å². The maximum absolute atomic E-state index is 11.0. The van der Waals surface area contributed by atoms with Gasteiger partial charge in [0.1, 0.15) is 9.84 Å². The molecule has 16 heavy (non-hydrogen) atoms. The number of hydrogen-bond donors (Lipinski definition) is 2. The summed E-state index contributed by atoms with van der Waals surface area (Å²) in [6, 6.07) is 3.71. The second-order valence-electron chi connectivity index (χ2n) is 3.77. The predicted octanol–water partition coefficient (Wildman–Crippen LogP) is 0.411. The van der Waals surface area contributed by atoms with Gasteiger partial charge in [0.05, 0.1) is 0 Å². The Kier molecular flexibility index (Phi) is 4.85. The number of pyridine rings is 1. The first-order valence-corrected chi connectivity index (χ1v) is 7.13. The van der Waals surface area contributed by atoms with Gasteiger partial charge in [-0.05, 0) is 30.5 Å². The molecule has 0 aliphatic rings. The fourth-order valence-corrected chi connectivity index (χ4v) is 2.18. The summed E-state index contributed by atoms with van der Waals surface area (Å²) in [4.78, 5) is 3.92. The number of rotatable bonds is 6. The fourth-order valence-electron chi connectivity index (χ4n) is 1.49. The van der Waals surface area contributed by atoms with Crippen LogP contribution in [0.3, 0.4) is 0 Å². The Morgan fingerprint density at radius 2 is 2.06 bits per heavy atom. The molecule has 0 aromatic carbocycles. The van der Waals surface area contributed by atoms with Crippen molar-refractivity contribution in [2.45, 2.75) is 18.9 Å². The molecule has 1 heterocycles. The van der Waals surface area contributed by atoms with Gasteiger partial charge in [-0.15, -0.1) is 0 Å². The van der Waals surface area contributed by atoms with Crippen molar-refractivity contribution >= 4 is 9.84 Å². The van der Waals surface area contributed by atoms with Crippen LogP contribution in [0.15, 0.2) is 24.5 Å². The lowest BCUT2D eigenvalue weighted by atomic mass is 10.0. The van der Waals surface area contributed by atoms with Crippen LogP contribution in [0.2, 0.25) is 0 Å². The van der Waals surface area contributed by atoms with Crippen LogP contribution in [0.25, 0.3) is 0 Å². The maximum Gasteiger partial charge on any atom is 0.147 e. The highest BCUT2D eigenvalue weighted by Crippen LogP contribution is 2.16. The quantitative estimate of drug-likeness (QED) is 0.558. The molecule has 6 heteroatoms. The third-order valence-corrected chi connectivity index (χ3v) is 3.35. The molecule has 90 valence electrons. The van der Waals surface area contributed by atoms with E-state index in [4.69, 9.17) is 5.84 Å². The molecular weight excluding hydrogens is 226 g/mol. The highest BCUT2D eigenvalue weighted by atomic mass is 32.2. The molecular formula is C10H17N3O2S. The third kappa shape index (κ3) is 4.69. The summed E-state index contributed by atoms with van der Waals surface area (Å²) in [7, 11) is -2.89. The van der Waals surface area contributed by atoms with Gasteiger partial charge < -0.3 is 0 Å². The molecule has 1 rings (SSSR count). The lowest BCUT2D eigenvalue weighted by Crippen LogP contribution is -2.28. The summed E-state index contributed by atoms with van der Waals surface area (Å²) in [5.74, 6) is 5.63. The number of nitrogens with one attached hydrogen (secondary N) is 1. The lowest BCUT2D eigenvalue weighted by Gasteiger charge is -2.15. The van der Waals surface area contributed by atoms with Crippen LogP contribution in [0.4, 0.5) is 0 Å². The standard InChI is InChI=1S/C10H17N3O2S/c1-16(14,15)8-2-3-10(13-11)9-4-6-12-7-5-9/h4-7,10,13H,2-3,8,11H2,1H3. The van der Waals surface area contributed by atoms with Crippen molar-refractivity contribution in [2.75, 3.05) is 12.0 Å². The molecule has 1 unspecified atom stereocenters. The van der Waals surface area contributed by atoms with Crippen molar-refractivity contribution in [1.29, 1.82) is 0 Å². The average Bonchev–Trinajstić information content (AvgIpc) is 2.24. The molecule has 0 saturated carbocycles. The largest absolute Gasteiger partial charge is 0.271 e. The number of hydrogen-bond acceptors (Lipinski definition) is 5. The second-order valence-corrected chi connectivity index (χ2v) is 6.03. The Morgan fingerprint density at radius 3 is 2.56 bits per heavy atom. The summed E-state index contributed by atoms with van der Waals surface area (Å²) in [5.41, 5.74) is 3.70. The van der Waals surface area contributed by atoms with E-state index in [1.807, 2.05) is 12.1 Å². The smallest absolute Gasteiger partial charge is 0.147 e. The van der Waals surface area contributed by atoms with E-state index in [1.54, 1.807) is 12.4 Å². The van der Waals surface area contributed by atoms with E-state index in [-0.39, 0.29) is 11.8 Å². The van der Waals surface area contributed by atoms with E-state index >= 15 is 0 Å². The van der Waals surface area contributed by atoms with Gasteiger partial charge in [-0.2, -0.15) is 0 Å². The van der Waals surface area contributed by atoms with Gasteiger partial charge in [0, 0.05) is 30.4 Å². The Bertz CT molecular complexity index is 405. The van der Waals surface area contributed by atoms with Crippen LogP contribution in [0.1, 0.15) is 24.4 Å². The molecule has 0 fully saturated rings. The molecule has 3 N–H and O–H groups in total. The number of aromatic nitrogens is 1. The first-order valence-electron chi connectivity index (χ1n) is 5.06. The van der Waals surface area contributed by atoms with Gasteiger partial charge in [-0.3, -0.25) is 16.3 Å². The summed E-state index contributed by atoms with van der Waals surface area (Å²) in [6.45, 7) is 0. The van der Waals surface area contributed by atoms with Crippen LogP contribution in [-0.4, -0.2) is 25.4 Å². The first kappa shape index (κ1) is 13.1. The van der Waals surface area contributed by atoms with Gasteiger partial charge in [-0.1, -0.05) is 0 Å².